The molecule has 1 saturated heterocycles. The van der Waals surface area contributed by atoms with Crippen LogP contribution in [0, 0.1) is 0 Å². The summed E-state index contributed by atoms with van der Waals surface area (Å²) < 4.78 is 0. The van der Waals surface area contributed by atoms with Crippen LogP contribution in [0.25, 0.3) is 0 Å². The van der Waals surface area contributed by atoms with Crippen LogP contribution >= 0.6 is 0 Å². The number of para-hydroxylation sites is 1. The van der Waals surface area contributed by atoms with E-state index in [1.165, 1.54) is 5.69 Å². The Hall–Kier alpha value is -2.40. The van der Waals surface area contributed by atoms with Crippen molar-refractivity contribution in [2.75, 3.05) is 37.6 Å². The number of hydrogen-bond donors (Lipinski definition) is 0. The van der Waals surface area contributed by atoms with Crippen LogP contribution < -0.4 is 4.90 Å². The maximum atomic E-state index is 12.9. The number of rotatable bonds is 4. The summed E-state index contributed by atoms with van der Waals surface area (Å²) in [4.78, 5) is 24.2. The summed E-state index contributed by atoms with van der Waals surface area (Å²) in [7, 11) is 0. The highest BCUT2D eigenvalue weighted by Crippen LogP contribution is 2.23. The van der Waals surface area contributed by atoms with Gasteiger partial charge in [0.05, 0.1) is 6.54 Å². The SMILES string of the molecule is CC1=N[C@H]2C=CC=CN2[C@@H]1C(=O)CN1CCN(c2ccccc2)CC1. The molecule has 1 fully saturated rings. The molecule has 130 valence electrons. The Morgan fingerprint density at radius 2 is 1.88 bits per heavy atom. The second-order valence-corrected chi connectivity index (χ2v) is 6.83. The zero-order valence-corrected chi connectivity index (χ0v) is 14.6. The predicted molar refractivity (Wildman–Crippen MR) is 101 cm³/mol. The van der Waals surface area contributed by atoms with Crippen LogP contribution in [-0.2, 0) is 4.79 Å². The number of ketones is 1. The Labute approximate surface area is 148 Å². The van der Waals surface area contributed by atoms with E-state index in [4.69, 9.17) is 0 Å². The van der Waals surface area contributed by atoms with E-state index in [0.29, 0.717) is 6.54 Å². The third-order valence-electron chi connectivity index (χ3n) is 5.17. The number of anilines is 1. The second kappa shape index (κ2) is 6.84. The number of benzene rings is 1. The van der Waals surface area contributed by atoms with Gasteiger partial charge in [-0.2, -0.15) is 0 Å². The molecule has 3 heterocycles. The van der Waals surface area contributed by atoms with E-state index in [2.05, 4.69) is 44.0 Å². The molecule has 3 aliphatic heterocycles. The average Bonchev–Trinajstić information content (AvgIpc) is 2.99. The molecule has 5 heteroatoms. The predicted octanol–water partition coefficient (Wildman–Crippen LogP) is 1.93. The van der Waals surface area contributed by atoms with Gasteiger partial charge in [0, 0.05) is 43.8 Å². The van der Waals surface area contributed by atoms with Crippen LogP contribution in [0.5, 0.6) is 0 Å². The summed E-state index contributed by atoms with van der Waals surface area (Å²) in [6, 6.07) is 10.3. The number of carbonyl (C=O) groups is 1. The lowest BCUT2D eigenvalue weighted by molar-refractivity contribution is -0.122. The molecule has 0 radical (unpaired) electrons. The molecule has 0 N–H and O–H groups in total. The highest BCUT2D eigenvalue weighted by atomic mass is 16.1. The van der Waals surface area contributed by atoms with E-state index < -0.39 is 0 Å². The van der Waals surface area contributed by atoms with Crippen LogP contribution in [0.2, 0.25) is 0 Å². The lowest BCUT2D eigenvalue weighted by atomic mass is 10.1. The van der Waals surface area contributed by atoms with Crippen molar-refractivity contribution < 1.29 is 4.79 Å². The van der Waals surface area contributed by atoms with Gasteiger partial charge in [0.2, 0.25) is 0 Å². The van der Waals surface area contributed by atoms with Crippen molar-refractivity contribution in [3.8, 4) is 0 Å². The zero-order chi connectivity index (χ0) is 17.2. The number of carbonyl (C=O) groups excluding carboxylic acids is 1. The van der Waals surface area contributed by atoms with Gasteiger partial charge in [0.25, 0.3) is 0 Å². The van der Waals surface area contributed by atoms with E-state index in [9.17, 15) is 4.79 Å². The summed E-state index contributed by atoms with van der Waals surface area (Å²) in [5.74, 6) is 0.247. The summed E-state index contributed by atoms with van der Waals surface area (Å²) in [5, 5.41) is 0. The highest BCUT2D eigenvalue weighted by molar-refractivity contribution is 6.10. The quantitative estimate of drug-likeness (QED) is 0.842. The van der Waals surface area contributed by atoms with Crippen molar-refractivity contribution in [3.63, 3.8) is 0 Å². The molecular weight excluding hydrogens is 312 g/mol. The Morgan fingerprint density at radius 3 is 2.64 bits per heavy atom. The van der Waals surface area contributed by atoms with E-state index in [0.717, 1.165) is 31.9 Å². The van der Waals surface area contributed by atoms with Crippen LogP contribution in [0.3, 0.4) is 0 Å². The van der Waals surface area contributed by atoms with Crippen LogP contribution in [0.15, 0.2) is 59.8 Å². The fourth-order valence-electron chi connectivity index (χ4n) is 3.85. The number of Topliss-reactive ketones (excluding diaryl/α,β-unsaturated/α-hetero) is 1. The summed E-state index contributed by atoms with van der Waals surface area (Å²) in [5.41, 5.74) is 2.19. The third kappa shape index (κ3) is 3.24. The van der Waals surface area contributed by atoms with Crippen molar-refractivity contribution in [3.05, 3.63) is 54.8 Å². The van der Waals surface area contributed by atoms with E-state index >= 15 is 0 Å². The third-order valence-corrected chi connectivity index (χ3v) is 5.17. The molecule has 0 unspecified atom stereocenters. The molecule has 25 heavy (non-hydrogen) atoms. The number of allylic oxidation sites excluding steroid dienone is 2. The number of piperazine rings is 1. The van der Waals surface area contributed by atoms with Gasteiger partial charge in [-0.25, -0.2) is 0 Å². The van der Waals surface area contributed by atoms with Crippen LogP contribution in [0.1, 0.15) is 6.92 Å². The normalized spacial score (nSPS) is 25.9. The van der Waals surface area contributed by atoms with Gasteiger partial charge in [-0.15, -0.1) is 0 Å². The number of fused-ring (bicyclic) bond motifs is 1. The van der Waals surface area contributed by atoms with Crippen LogP contribution in [0.4, 0.5) is 5.69 Å². The maximum absolute atomic E-state index is 12.9. The lowest BCUT2D eigenvalue weighted by Gasteiger charge is -2.36. The first-order chi connectivity index (χ1) is 12.2. The van der Waals surface area contributed by atoms with Gasteiger partial charge in [0.1, 0.15) is 12.2 Å². The molecule has 4 rings (SSSR count). The number of nitrogens with zero attached hydrogens (tertiary/aromatic N) is 4. The molecule has 1 aromatic rings. The summed E-state index contributed by atoms with van der Waals surface area (Å²) >= 11 is 0. The molecule has 0 spiro atoms. The van der Waals surface area contributed by atoms with Crippen molar-refractivity contribution in [2.45, 2.75) is 19.1 Å². The molecule has 0 saturated carbocycles. The highest BCUT2D eigenvalue weighted by Gasteiger charge is 2.37. The van der Waals surface area contributed by atoms with Crippen molar-refractivity contribution in [1.29, 1.82) is 0 Å². The Balaban J connectivity index is 1.34. The van der Waals surface area contributed by atoms with Gasteiger partial charge in [0.15, 0.2) is 5.78 Å². The largest absolute Gasteiger partial charge is 0.369 e. The van der Waals surface area contributed by atoms with Gasteiger partial charge >= 0.3 is 0 Å². The Kier molecular flexibility index (Phi) is 4.40. The number of aliphatic imine (C=N–C) groups is 1. The fourth-order valence-corrected chi connectivity index (χ4v) is 3.85. The first-order valence-corrected chi connectivity index (χ1v) is 8.94. The monoisotopic (exact) mass is 336 g/mol. The van der Waals surface area contributed by atoms with E-state index in [1.54, 1.807) is 0 Å². The van der Waals surface area contributed by atoms with Crippen LogP contribution in [-0.4, -0.2) is 66.2 Å². The number of hydrogen-bond acceptors (Lipinski definition) is 5. The standard InChI is InChI=1S/C20H24N4O/c1-16-20(24-10-6-5-9-19(24)21-16)18(25)15-22-11-13-23(14-12-22)17-7-3-2-4-8-17/h2-10,19-20H,11-15H2,1H3/t19-,20+/m1/s1. The fraction of sp³-hybridized carbons (Fsp3) is 0.400. The van der Waals surface area contributed by atoms with Gasteiger partial charge < -0.3 is 9.80 Å². The van der Waals surface area contributed by atoms with Crippen molar-refractivity contribution >= 4 is 17.2 Å². The van der Waals surface area contributed by atoms with E-state index in [1.807, 2.05) is 37.4 Å². The molecule has 0 amide bonds. The smallest absolute Gasteiger partial charge is 0.174 e. The molecule has 2 atom stereocenters. The molecule has 0 aromatic heterocycles. The molecule has 0 aliphatic carbocycles. The van der Waals surface area contributed by atoms with Crippen molar-refractivity contribution in [1.82, 2.24) is 9.80 Å². The maximum Gasteiger partial charge on any atom is 0.174 e. The van der Waals surface area contributed by atoms with Gasteiger partial charge in [-0.3, -0.25) is 14.7 Å². The molecule has 1 aromatic carbocycles. The summed E-state index contributed by atoms with van der Waals surface area (Å²) in [6.07, 6.45) is 7.99. The average molecular weight is 336 g/mol. The minimum absolute atomic E-state index is 0.00567. The second-order valence-electron chi connectivity index (χ2n) is 6.83. The molecule has 3 aliphatic rings. The molecule has 5 nitrogen and oxygen atoms in total. The minimum atomic E-state index is -0.210. The Morgan fingerprint density at radius 1 is 1.12 bits per heavy atom. The first-order valence-electron chi connectivity index (χ1n) is 8.94. The molecular formula is C20H24N4O. The minimum Gasteiger partial charge on any atom is -0.369 e. The summed E-state index contributed by atoms with van der Waals surface area (Å²) in [6.45, 7) is 6.23. The zero-order valence-electron chi connectivity index (χ0n) is 14.6. The van der Waals surface area contributed by atoms with Crippen molar-refractivity contribution in [2.24, 2.45) is 4.99 Å². The molecule has 0 bridgehead atoms. The van der Waals surface area contributed by atoms with Gasteiger partial charge in [-0.05, 0) is 31.2 Å². The Bertz CT molecular complexity index is 716. The first kappa shape index (κ1) is 16.1. The topological polar surface area (TPSA) is 39.2 Å². The van der Waals surface area contributed by atoms with Gasteiger partial charge in [-0.1, -0.05) is 24.3 Å². The lowest BCUT2D eigenvalue weighted by Crippen LogP contribution is -2.51. The van der Waals surface area contributed by atoms with E-state index in [-0.39, 0.29) is 18.0 Å².